The fourth-order valence-corrected chi connectivity index (χ4v) is 2.99. The van der Waals surface area contributed by atoms with Gasteiger partial charge in [-0.1, -0.05) is 0 Å². The lowest BCUT2D eigenvalue weighted by atomic mass is 9.96. The van der Waals surface area contributed by atoms with Gasteiger partial charge in [0.1, 0.15) is 0 Å². The van der Waals surface area contributed by atoms with Crippen LogP contribution in [0.1, 0.15) is 18.4 Å². The van der Waals surface area contributed by atoms with Crippen molar-refractivity contribution in [3.05, 3.63) is 46.4 Å². The molecule has 116 valence electrons. The van der Waals surface area contributed by atoms with Gasteiger partial charge in [0, 0.05) is 43.8 Å². The van der Waals surface area contributed by atoms with Crippen molar-refractivity contribution >= 4 is 11.5 Å². The standard InChI is InChI=1S/C15H19N5O2/c1-12-3-7-16-15(14(12)20(21)22)18-9-4-13(5-10-18)11-19-8-2-6-17-19/h2-3,6-8,13H,4-5,9-11H2,1H3. The summed E-state index contributed by atoms with van der Waals surface area (Å²) in [6.45, 7) is 4.25. The van der Waals surface area contributed by atoms with Gasteiger partial charge in [0.25, 0.3) is 0 Å². The Kier molecular flexibility index (Phi) is 4.04. The molecule has 0 spiro atoms. The first-order valence-electron chi connectivity index (χ1n) is 7.47. The highest BCUT2D eigenvalue weighted by Gasteiger charge is 2.27. The summed E-state index contributed by atoms with van der Waals surface area (Å²) in [5, 5.41) is 15.5. The maximum Gasteiger partial charge on any atom is 0.314 e. The predicted molar refractivity (Wildman–Crippen MR) is 82.8 cm³/mol. The van der Waals surface area contributed by atoms with Crippen molar-refractivity contribution in [2.24, 2.45) is 5.92 Å². The average Bonchev–Trinajstić information content (AvgIpc) is 3.00. The third-order valence-electron chi connectivity index (χ3n) is 4.21. The second-order valence-electron chi connectivity index (χ2n) is 5.72. The molecular formula is C15H19N5O2. The topological polar surface area (TPSA) is 77.1 Å². The Morgan fingerprint density at radius 1 is 1.36 bits per heavy atom. The second-order valence-corrected chi connectivity index (χ2v) is 5.72. The highest BCUT2D eigenvalue weighted by atomic mass is 16.6. The maximum absolute atomic E-state index is 11.3. The van der Waals surface area contributed by atoms with E-state index < -0.39 is 0 Å². The van der Waals surface area contributed by atoms with Gasteiger partial charge < -0.3 is 4.90 Å². The maximum atomic E-state index is 11.3. The summed E-state index contributed by atoms with van der Waals surface area (Å²) in [5.41, 5.74) is 0.793. The molecule has 0 aliphatic carbocycles. The van der Waals surface area contributed by atoms with Crippen LogP contribution in [0.25, 0.3) is 0 Å². The van der Waals surface area contributed by atoms with Crippen LogP contribution in [0.15, 0.2) is 30.7 Å². The van der Waals surface area contributed by atoms with Crippen LogP contribution in [0, 0.1) is 23.0 Å². The van der Waals surface area contributed by atoms with Gasteiger partial charge in [0.05, 0.1) is 4.92 Å². The molecule has 0 saturated carbocycles. The SMILES string of the molecule is Cc1ccnc(N2CCC(Cn3cccn3)CC2)c1[N+](=O)[O-]. The molecule has 1 fully saturated rings. The number of rotatable bonds is 4. The quantitative estimate of drug-likeness (QED) is 0.640. The van der Waals surface area contributed by atoms with Gasteiger partial charge in [-0.05, 0) is 37.8 Å². The molecule has 0 unspecified atom stereocenters. The summed E-state index contributed by atoms with van der Waals surface area (Å²) >= 11 is 0. The number of anilines is 1. The molecule has 0 radical (unpaired) electrons. The third kappa shape index (κ3) is 2.93. The number of aryl methyl sites for hydroxylation is 1. The summed E-state index contributed by atoms with van der Waals surface area (Å²) in [7, 11) is 0. The summed E-state index contributed by atoms with van der Waals surface area (Å²) < 4.78 is 1.95. The molecule has 1 saturated heterocycles. The minimum atomic E-state index is -0.326. The molecule has 22 heavy (non-hydrogen) atoms. The minimum absolute atomic E-state index is 0.132. The molecule has 3 heterocycles. The van der Waals surface area contributed by atoms with E-state index >= 15 is 0 Å². The van der Waals surface area contributed by atoms with Gasteiger partial charge in [-0.3, -0.25) is 14.8 Å². The molecule has 1 aliphatic heterocycles. The number of nitrogens with zero attached hydrogens (tertiary/aromatic N) is 5. The Morgan fingerprint density at radius 2 is 2.14 bits per heavy atom. The van der Waals surface area contributed by atoms with E-state index in [4.69, 9.17) is 0 Å². The monoisotopic (exact) mass is 301 g/mol. The normalized spacial score (nSPS) is 16.0. The molecule has 1 aliphatic rings. The van der Waals surface area contributed by atoms with Gasteiger partial charge in [-0.25, -0.2) is 4.98 Å². The zero-order valence-corrected chi connectivity index (χ0v) is 12.6. The zero-order valence-electron chi connectivity index (χ0n) is 12.6. The zero-order chi connectivity index (χ0) is 15.5. The molecule has 0 bridgehead atoms. The van der Waals surface area contributed by atoms with Crippen LogP contribution in [0.4, 0.5) is 11.5 Å². The van der Waals surface area contributed by atoms with Crippen LogP contribution >= 0.6 is 0 Å². The van der Waals surface area contributed by atoms with E-state index in [0.717, 1.165) is 32.5 Å². The van der Waals surface area contributed by atoms with E-state index in [1.165, 1.54) is 0 Å². The number of pyridine rings is 1. The van der Waals surface area contributed by atoms with Crippen LogP contribution in [0.5, 0.6) is 0 Å². The fourth-order valence-electron chi connectivity index (χ4n) is 2.99. The first-order valence-corrected chi connectivity index (χ1v) is 7.47. The second kappa shape index (κ2) is 6.13. The highest BCUT2D eigenvalue weighted by Crippen LogP contribution is 2.32. The number of piperidine rings is 1. The lowest BCUT2D eigenvalue weighted by Gasteiger charge is -2.32. The van der Waals surface area contributed by atoms with Crippen molar-refractivity contribution in [1.29, 1.82) is 0 Å². The molecule has 3 rings (SSSR count). The Hall–Kier alpha value is -2.44. The van der Waals surface area contributed by atoms with Gasteiger partial charge >= 0.3 is 5.69 Å². The largest absolute Gasteiger partial charge is 0.351 e. The van der Waals surface area contributed by atoms with E-state index in [-0.39, 0.29) is 10.6 Å². The van der Waals surface area contributed by atoms with Crippen molar-refractivity contribution in [2.45, 2.75) is 26.3 Å². The molecular weight excluding hydrogens is 282 g/mol. The summed E-state index contributed by atoms with van der Waals surface area (Å²) in [6.07, 6.45) is 7.39. The van der Waals surface area contributed by atoms with Crippen LogP contribution in [0.2, 0.25) is 0 Å². The molecule has 0 N–H and O–H groups in total. The Labute approximate surface area is 128 Å². The molecule has 0 amide bonds. The first-order chi connectivity index (χ1) is 10.6. The Bertz CT molecular complexity index is 648. The molecule has 0 aromatic carbocycles. The van der Waals surface area contributed by atoms with E-state index in [2.05, 4.69) is 10.1 Å². The van der Waals surface area contributed by atoms with E-state index in [1.807, 2.05) is 21.8 Å². The van der Waals surface area contributed by atoms with Crippen molar-refractivity contribution in [3.8, 4) is 0 Å². The number of hydrogen-bond acceptors (Lipinski definition) is 5. The summed E-state index contributed by atoms with van der Waals surface area (Å²) in [4.78, 5) is 17.2. The van der Waals surface area contributed by atoms with E-state index in [0.29, 0.717) is 17.3 Å². The molecule has 7 heteroatoms. The van der Waals surface area contributed by atoms with Crippen LogP contribution in [0.3, 0.4) is 0 Å². The van der Waals surface area contributed by atoms with Crippen molar-refractivity contribution in [2.75, 3.05) is 18.0 Å². The van der Waals surface area contributed by atoms with Gasteiger partial charge in [0.2, 0.25) is 5.82 Å². The van der Waals surface area contributed by atoms with Crippen molar-refractivity contribution < 1.29 is 4.92 Å². The van der Waals surface area contributed by atoms with Crippen LogP contribution < -0.4 is 4.90 Å². The van der Waals surface area contributed by atoms with Gasteiger partial charge in [0.15, 0.2) is 0 Å². The number of aromatic nitrogens is 3. The average molecular weight is 301 g/mol. The lowest BCUT2D eigenvalue weighted by molar-refractivity contribution is -0.384. The summed E-state index contributed by atoms with van der Waals surface area (Å²) in [6, 6.07) is 3.61. The Morgan fingerprint density at radius 3 is 2.77 bits per heavy atom. The van der Waals surface area contributed by atoms with E-state index in [1.54, 1.807) is 25.4 Å². The Balaban J connectivity index is 1.69. The smallest absolute Gasteiger partial charge is 0.314 e. The summed E-state index contributed by atoms with van der Waals surface area (Å²) in [5.74, 6) is 1.06. The lowest BCUT2D eigenvalue weighted by Crippen LogP contribution is -2.36. The molecule has 0 atom stereocenters. The van der Waals surface area contributed by atoms with Gasteiger partial charge in [-0.2, -0.15) is 5.10 Å². The predicted octanol–water partition coefficient (Wildman–Crippen LogP) is 2.41. The van der Waals surface area contributed by atoms with Crippen LogP contribution in [-0.4, -0.2) is 32.8 Å². The molecule has 2 aromatic rings. The first kappa shape index (κ1) is 14.5. The highest BCUT2D eigenvalue weighted by molar-refractivity contribution is 5.61. The van der Waals surface area contributed by atoms with Crippen molar-refractivity contribution in [3.63, 3.8) is 0 Å². The fraction of sp³-hybridized carbons (Fsp3) is 0.467. The molecule has 7 nitrogen and oxygen atoms in total. The van der Waals surface area contributed by atoms with Crippen LogP contribution in [-0.2, 0) is 6.54 Å². The third-order valence-corrected chi connectivity index (χ3v) is 4.21. The van der Waals surface area contributed by atoms with E-state index in [9.17, 15) is 10.1 Å². The minimum Gasteiger partial charge on any atom is -0.351 e. The van der Waals surface area contributed by atoms with Crippen molar-refractivity contribution in [1.82, 2.24) is 14.8 Å². The number of nitro groups is 1. The number of hydrogen-bond donors (Lipinski definition) is 0. The molecule has 2 aromatic heterocycles. The van der Waals surface area contributed by atoms with Gasteiger partial charge in [-0.15, -0.1) is 0 Å².